The lowest BCUT2D eigenvalue weighted by molar-refractivity contribution is -0.147. The van der Waals surface area contributed by atoms with Crippen molar-refractivity contribution in [2.75, 3.05) is 0 Å². The van der Waals surface area contributed by atoms with Crippen molar-refractivity contribution in [1.82, 2.24) is 21.3 Å². The summed E-state index contributed by atoms with van der Waals surface area (Å²) in [6.07, 6.45) is -1.32. The minimum atomic E-state index is -1.76. The van der Waals surface area contributed by atoms with Gasteiger partial charge >= 0.3 is 17.9 Å². The van der Waals surface area contributed by atoms with Crippen LogP contribution in [0.5, 0.6) is 0 Å². The van der Waals surface area contributed by atoms with Crippen molar-refractivity contribution in [3.63, 3.8) is 0 Å². The summed E-state index contributed by atoms with van der Waals surface area (Å²) in [6.45, 7) is 10.6. The standard InChI is InChI=1S/C31H47N5O10/c1-15(2)11-21(34-30(44)26(16(3)4)36-27(41)20(32)9-10-24(37)38)28(42)33-22(13-19-8-7-17(5)12-18(19)6)29(43)35-23(31(45)46)14-25(39)40/h7-8,12,15-16,20-23,26H,9-11,13-14,32H2,1-6H3,(H,33,42)(H,34,44)(H,35,43)(H,36,41)(H,37,38)(H,39,40)(H,45,46)/t20-,21-,22-,23-,26-/m0/s1. The lowest BCUT2D eigenvalue weighted by atomic mass is 9.97. The van der Waals surface area contributed by atoms with Gasteiger partial charge in [0.1, 0.15) is 24.2 Å². The van der Waals surface area contributed by atoms with Crippen LogP contribution < -0.4 is 27.0 Å². The zero-order chi connectivity index (χ0) is 35.3. The number of hydrogen-bond donors (Lipinski definition) is 8. The first kappa shape index (κ1) is 39.5. The normalized spacial score (nSPS) is 14.4. The lowest BCUT2D eigenvalue weighted by Crippen LogP contribution is -2.60. The van der Waals surface area contributed by atoms with Gasteiger partial charge < -0.3 is 42.3 Å². The summed E-state index contributed by atoms with van der Waals surface area (Å²) in [6, 6.07) is -1.17. The number of carboxylic acids is 3. The van der Waals surface area contributed by atoms with Gasteiger partial charge in [-0.25, -0.2) is 4.79 Å². The van der Waals surface area contributed by atoms with E-state index in [2.05, 4.69) is 21.3 Å². The number of benzene rings is 1. The van der Waals surface area contributed by atoms with Crippen molar-refractivity contribution < 1.29 is 48.9 Å². The second kappa shape index (κ2) is 18.4. The van der Waals surface area contributed by atoms with Crippen LogP contribution in [0.3, 0.4) is 0 Å². The Bertz CT molecular complexity index is 1280. The molecular formula is C31H47N5O10. The summed E-state index contributed by atoms with van der Waals surface area (Å²) in [4.78, 5) is 86.6. The van der Waals surface area contributed by atoms with Crippen molar-refractivity contribution >= 4 is 41.5 Å². The highest BCUT2D eigenvalue weighted by molar-refractivity contribution is 5.96. The maximum absolute atomic E-state index is 13.6. The number of carbonyl (C=O) groups excluding carboxylic acids is 4. The molecule has 0 aliphatic carbocycles. The van der Waals surface area contributed by atoms with Crippen LogP contribution >= 0.6 is 0 Å². The molecule has 0 bridgehead atoms. The molecule has 256 valence electrons. The average Bonchev–Trinajstić information content (AvgIpc) is 2.93. The Morgan fingerprint density at radius 2 is 1.30 bits per heavy atom. The quantitative estimate of drug-likeness (QED) is 0.101. The van der Waals surface area contributed by atoms with E-state index in [1.165, 1.54) is 0 Å². The molecule has 5 atom stereocenters. The number of aliphatic carboxylic acids is 3. The molecule has 1 aromatic rings. The molecule has 15 heteroatoms. The van der Waals surface area contributed by atoms with Crippen molar-refractivity contribution in [2.24, 2.45) is 17.6 Å². The second-order valence-electron chi connectivity index (χ2n) is 12.2. The molecule has 1 rings (SSSR count). The third-order valence-electron chi connectivity index (χ3n) is 7.14. The second-order valence-corrected chi connectivity index (χ2v) is 12.2. The van der Waals surface area contributed by atoms with Crippen LogP contribution in [0.25, 0.3) is 0 Å². The molecule has 0 aliphatic heterocycles. The van der Waals surface area contributed by atoms with Crippen molar-refractivity contribution in [3.05, 3.63) is 34.9 Å². The first-order valence-electron chi connectivity index (χ1n) is 15.0. The molecule has 1 aromatic carbocycles. The van der Waals surface area contributed by atoms with Crippen LogP contribution in [-0.4, -0.2) is 87.1 Å². The number of aryl methyl sites for hydroxylation is 2. The van der Waals surface area contributed by atoms with Gasteiger partial charge in [-0.15, -0.1) is 0 Å². The van der Waals surface area contributed by atoms with E-state index in [-0.39, 0.29) is 31.6 Å². The van der Waals surface area contributed by atoms with E-state index in [0.29, 0.717) is 5.56 Å². The van der Waals surface area contributed by atoms with Crippen LogP contribution in [0.1, 0.15) is 70.1 Å². The number of nitrogens with two attached hydrogens (primary N) is 1. The van der Waals surface area contributed by atoms with Gasteiger partial charge in [0.15, 0.2) is 0 Å². The minimum Gasteiger partial charge on any atom is -0.481 e. The molecule has 0 saturated heterocycles. The fourth-order valence-corrected chi connectivity index (χ4v) is 4.59. The molecule has 0 spiro atoms. The van der Waals surface area contributed by atoms with E-state index in [1.54, 1.807) is 46.8 Å². The zero-order valence-corrected chi connectivity index (χ0v) is 27.1. The van der Waals surface area contributed by atoms with Gasteiger partial charge in [-0.1, -0.05) is 51.5 Å². The highest BCUT2D eigenvalue weighted by atomic mass is 16.4. The third kappa shape index (κ3) is 13.6. The zero-order valence-electron chi connectivity index (χ0n) is 27.1. The molecule has 0 heterocycles. The number of amides is 4. The van der Waals surface area contributed by atoms with E-state index >= 15 is 0 Å². The topological polar surface area (TPSA) is 254 Å². The Kier molecular flexibility index (Phi) is 15.8. The van der Waals surface area contributed by atoms with Crippen molar-refractivity contribution in [3.8, 4) is 0 Å². The van der Waals surface area contributed by atoms with E-state index in [9.17, 15) is 38.7 Å². The first-order valence-corrected chi connectivity index (χ1v) is 15.0. The predicted molar refractivity (Wildman–Crippen MR) is 166 cm³/mol. The van der Waals surface area contributed by atoms with E-state index in [4.69, 9.17) is 15.9 Å². The summed E-state index contributed by atoms with van der Waals surface area (Å²) in [5.41, 5.74) is 8.22. The average molecular weight is 650 g/mol. The summed E-state index contributed by atoms with van der Waals surface area (Å²) in [5.74, 6) is -7.86. The molecule has 0 aromatic heterocycles. The number of carboxylic acid groups (broad SMARTS) is 3. The van der Waals surface area contributed by atoms with Crippen LogP contribution in [0.15, 0.2) is 18.2 Å². The van der Waals surface area contributed by atoms with Gasteiger partial charge in [0.2, 0.25) is 23.6 Å². The summed E-state index contributed by atoms with van der Waals surface area (Å²) in [7, 11) is 0. The molecule has 0 fully saturated rings. The Labute approximate surface area is 268 Å². The first-order chi connectivity index (χ1) is 21.3. The van der Waals surface area contributed by atoms with Gasteiger partial charge in [-0.05, 0) is 49.7 Å². The Hall–Kier alpha value is -4.53. The van der Waals surface area contributed by atoms with E-state index < -0.39 is 84.1 Å². The fraction of sp³-hybridized carbons (Fsp3) is 0.581. The molecule has 0 unspecified atom stereocenters. The highest BCUT2D eigenvalue weighted by Crippen LogP contribution is 2.15. The van der Waals surface area contributed by atoms with Crippen molar-refractivity contribution in [1.29, 1.82) is 0 Å². The van der Waals surface area contributed by atoms with Crippen LogP contribution in [0.2, 0.25) is 0 Å². The highest BCUT2D eigenvalue weighted by Gasteiger charge is 2.34. The number of carbonyl (C=O) groups is 7. The summed E-state index contributed by atoms with van der Waals surface area (Å²) in [5, 5.41) is 37.4. The van der Waals surface area contributed by atoms with Crippen LogP contribution in [0.4, 0.5) is 0 Å². The fourth-order valence-electron chi connectivity index (χ4n) is 4.59. The Morgan fingerprint density at radius 1 is 0.739 bits per heavy atom. The molecule has 15 nitrogen and oxygen atoms in total. The molecule has 0 saturated carbocycles. The van der Waals surface area contributed by atoms with Gasteiger partial charge in [-0.2, -0.15) is 0 Å². The molecular weight excluding hydrogens is 602 g/mol. The maximum atomic E-state index is 13.6. The molecule has 46 heavy (non-hydrogen) atoms. The largest absolute Gasteiger partial charge is 0.481 e. The van der Waals surface area contributed by atoms with E-state index in [1.807, 2.05) is 13.0 Å². The number of rotatable bonds is 19. The van der Waals surface area contributed by atoms with Gasteiger partial charge in [0.05, 0.1) is 12.5 Å². The predicted octanol–water partition coefficient (Wildman–Crippen LogP) is 0.239. The van der Waals surface area contributed by atoms with Crippen LogP contribution in [0, 0.1) is 25.7 Å². The van der Waals surface area contributed by atoms with Gasteiger partial charge in [0, 0.05) is 12.8 Å². The van der Waals surface area contributed by atoms with Gasteiger partial charge in [0.25, 0.3) is 0 Å². The Balaban J connectivity index is 3.30. The third-order valence-corrected chi connectivity index (χ3v) is 7.14. The van der Waals surface area contributed by atoms with Crippen molar-refractivity contribution in [2.45, 2.75) is 104 Å². The number of hydrogen-bond acceptors (Lipinski definition) is 8. The van der Waals surface area contributed by atoms with Crippen LogP contribution in [-0.2, 0) is 40.0 Å². The molecule has 4 amide bonds. The molecule has 0 aliphatic rings. The molecule has 0 radical (unpaired) electrons. The van der Waals surface area contributed by atoms with Gasteiger partial charge in [-0.3, -0.25) is 28.8 Å². The minimum absolute atomic E-state index is 0.0651. The SMILES string of the molecule is Cc1ccc(C[C@H](NC(=O)[C@H](CC(C)C)NC(=O)[C@@H](NC(=O)[C@@H](N)CCC(=O)O)C(C)C)C(=O)N[C@@H](CC(=O)O)C(=O)O)c(C)c1. The monoisotopic (exact) mass is 649 g/mol. The smallest absolute Gasteiger partial charge is 0.326 e. The van der Waals surface area contributed by atoms with E-state index in [0.717, 1.165) is 11.1 Å². The molecule has 9 N–H and O–H groups in total. The summed E-state index contributed by atoms with van der Waals surface area (Å²) < 4.78 is 0. The summed E-state index contributed by atoms with van der Waals surface area (Å²) >= 11 is 0. The number of nitrogens with one attached hydrogen (secondary N) is 4. The Morgan fingerprint density at radius 3 is 1.80 bits per heavy atom. The lowest BCUT2D eigenvalue weighted by Gasteiger charge is -2.28. The maximum Gasteiger partial charge on any atom is 0.326 e.